The van der Waals surface area contributed by atoms with Gasteiger partial charge in [0.15, 0.2) is 5.65 Å². The Morgan fingerprint density at radius 2 is 1.35 bits per heavy atom. The van der Waals surface area contributed by atoms with Crippen molar-refractivity contribution in [1.82, 2.24) is 24.7 Å². The van der Waals surface area contributed by atoms with Crippen LogP contribution < -0.4 is 4.90 Å². The maximum atomic E-state index is 12.9. The molecule has 8 heteroatoms. The zero-order valence-corrected chi connectivity index (χ0v) is 21.1. The van der Waals surface area contributed by atoms with Gasteiger partial charge >= 0.3 is 0 Å². The molecule has 0 radical (unpaired) electrons. The number of hydrogen-bond acceptors (Lipinski definition) is 6. The van der Waals surface area contributed by atoms with Gasteiger partial charge in [0.2, 0.25) is 11.1 Å². The number of carbonyl (C=O) groups is 1. The van der Waals surface area contributed by atoms with E-state index in [1.807, 2.05) is 53.4 Å². The zero-order valence-electron chi connectivity index (χ0n) is 20.3. The Kier molecular flexibility index (Phi) is 6.56. The maximum Gasteiger partial charge on any atom is 0.233 e. The fraction of sp³-hybridized carbons (Fsp3) is 0.172. The smallest absolute Gasteiger partial charge is 0.233 e. The first kappa shape index (κ1) is 23.2. The number of rotatable bonds is 6. The first-order chi connectivity index (χ1) is 18.2. The molecule has 2 aromatic heterocycles. The fourth-order valence-corrected chi connectivity index (χ4v) is 5.34. The molecule has 0 bridgehead atoms. The highest BCUT2D eigenvalue weighted by molar-refractivity contribution is 7.99. The van der Waals surface area contributed by atoms with Crippen molar-refractivity contribution >= 4 is 29.0 Å². The number of anilines is 1. The molecule has 7 nitrogen and oxygen atoms in total. The molecular formula is C29H26N6OS. The number of piperazine rings is 1. The van der Waals surface area contributed by atoms with E-state index in [1.165, 1.54) is 23.0 Å². The molecule has 184 valence electrons. The van der Waals surface area contributed by atoms with Gasteiger partial charge in [-0.2, -0.15) is 9.61 Å². The topological polar surface area (TPSA) is 66.6 Å². The number of benzene rings is 3. The third-order valence-corrected chi connectivity index (χ3v) is 7.50. The number of amides is 1. The minimum absolute atomic E-state index is 0.113. The molecule has 0 aliphatic carbocycles. The van der Waals surface area contributed by atoms with E-state index < -0.39 is 0 Å². The first-order valence-electron chi connectivity index (χ1n) is 12.3. The van der Waals surface area contributed by atoms with Crippen LogP contribution in [0.15, 0.2) is 102 Å². The van der Waals surface area contributed by atoms with E-state index in [-0.39, 0.29) is 5.91 Å². The number of para-hydroxylation sites is 1. The van der Waals surface area contributed by atoms with Crippen molar-refractivity contribution in [2.45, 2.75) is 5.16 Å². The molecule has 6 rings (SSSR count). The van der Waals surface area contributed by atoms with Gasteiger partial charge in [-0.05, 0) is 35.4 Å². The van der Waals surface area contributed by atoms with E-state index in [1.54, 1.807) is 4.52 Å². The van der Waals surface area contributed by atoms with Crippen LogP contribution in [0.5, 0.6) is 0 Å². The molecule has 1 aliphatic heterocycles. The van der Waals surface area contributed by atoms with Crippen molar-refractivity contribution in [3.63, 3.8) is 0 Å². The molecule has 0 atom stereocenters. The van der Waals surface area contributed by atoms with Crippen LogP contribution in [-0.4, -0.2) is 62.6 Å². The van der Waals surface area contributed by atoms with Gasteiger partial charge in [0.1, 0.15) is 0 Å². The summed E-state index contributed by atoms with van der Waals surface area (Å²) in [6, 6.07) is 32.9. The predicted molar refractivity (Wildman–Crippen MR) is 148 cm³/mol. The van der Waals surface area contributed by atoms with E-state index in [0.717, 1.165) is 43.0 Å². The predicted octanol–water partition coefficient (Wildman–Crippen LogP) is 4.90. The minimum Gasteiger partial charge on any atom is -0.368 e. The molecule has 3 heterocycles. The van der Waals surface area contributed by atoms with E-state index in [0.29, 0.717) is 16.6 Å². The van der Waals surface area contributed by atoms with Crippen LogP contribution in [0.25, 0.3) is 28.0 Å². The molecule has 3 aromatic carbocycles. The summed E-state index contributed by atoms with van der Waals surface area (Å²) in [4.78, 5) is 17.2. The fourth-order valence-electron chi connectivity index (χ4n) is 4.55. The maximum absolute atomic E-state index is 12.9. The summed E-state index contributed by atoms with van der Waals surface area (Å²) in [6.45, 7) is 3.11. The van der Waals surface area contributed by atoms with Crippen LogP contribution in [-0.2, 0) is 4.79 Å². The Balaban J connectivity index is 1.11. The van der Waals surface area contributed by atoms with Crippen molar-refractivity contribution in [1.29, 1.82) is 0 Å². The minimum atomic E-state index is 0.113. The Hall–Kier alpha value is -4.17. The Labute approximate surface area is 219 Å². The summed E-state index contributed by atoms with van der Waals surface area (Å²) >= 11 is 1.38. The third kappa shape index (κ3) is 5.06. The van der Waals surface area contributed by atoms with E-state index in [9.17, 15) is 4.79 Å². The first-order valence-corrected chi connectivity index (χ1v) is 13.3. The van der Waals surface area contributed by atoms with Crippen molar-refractivity contribution in [3.8, 4) is 22.4 Å². The highest BCUT2D eigenvalue weighted by Gasteiger charge is 2.22. The zero-order chi connectivity index (χ0) is 25.0. The molecule has 1 aliphatic rings. The van der Waals surface area contributed by atoms with Crippen LogP contribution >= 0.6 is 11.8 Å². The number of hydrogen-bond donors (Lipinski definition) is 0. The normalized spacial score (nSPS) is 13.7. The van der Waals surface area contributed by atoms with E-state index in [2.05, 4.69) is 63.6 Å². The van der Waals surface area contributed by atoms with Gasteiger partial charge in [0, 0.05) is 37.4 Å². The second-order valence-corrected chi connectivity index (χ2v) is 9.85. The number of nitrogens with zero attached hydrogens (tertiary/aromatic N) is 6. The number of aromatic nitrogens is 4. The van der Waals surface area contributed by atoms with Gasteiger partial charge in [-0.15, -0.1) is 10.2 Å². The molecule has 1 amide bonds. The monoisotopic (exact) mass is 506 g/mol. The van der Waals surface area contributed by atoms with E-state index in [4.69, 9.17) is 5.10 Å². The molecule has 37 heavy (non-hydrogen) atoms. The van der Waals surface area contributed by atoms with Crippen molar-refractivity contribution < 1.29 is 4.79 Å². The molecule has 5 aromatic rings. The van der Waals surface area contributed by atoms with E-state index >= 15 is 0 Å². The lowest BCUT2D eigenvalue weighted by Gasteiger charge is -2.36. The summed E-state index contributed by atoms with van der Waals surface area (Å²) in [7, 11) is 0. The molecular weight excluding hydrogens is 480 g/mol. The van der Waals surface area contributed by atoms with Gasteiger partial charge in [-0.1, -0.05) is 84.6 Å². The largest absolute Gasteiger partial charge is 0.368 e. The van der Waals surface area contributed by atoms with Gasteiger partial charge < -0.3 is 9.80 Å². The Morgan fingerprint density at radius 3 is 2.08 bits per heavy atom. The summed E-state index contributed by atoms with van der Waals surface area (Å²) in [6.07, 6.45) is 0. The lowest BCUT2D eigenvalue weighted by Crippen LogP contribution is -2.49. The average molecular weight is 507 g/mol. The summed E-state index contributed by atoms with van der Waals surface area (Å²) in [5.41, 5.74) is 6.05. The average Bonchev–Trinajstić information content (AvgIpc) is 3.39. The van der Waals surface area contributed by atoms with Crippen molar-refractivity contribution in [3.05, 3.63) is 97.1 Å². The SMILES string of the molecule is O=C(CSc1nnc2ccc(-c3ccc(-c4ccccc4)cc3)nn12)N1CCN(c2ccccc2)CC1. The van der Waals surface area contributed by atoms with Gasteiger partial charge in [-0.25, -0.2) is 0 Å². The lowest BCUT2D eigenvalue weighted by molar-refractivity contribution is -0.128. The molecule has 0 unspecified atom stereocenters. The number of carbonyl (C=O) groups excluding carboxylic acids is 1. The quantitative estimate of drug-likeness (QED) is 0.305. The summed E-state index contributed by atoms with van der Waals surface area (Å²) in [5.74, 6) is 0.422. The summed E-state index contributed by atoms with van der Waals surface area (Å²) < 4.78 is 1.73. The lowest BCUT2D eigenvalue weighted by atomic mass is 10.0. The standard InChI is InChI=1S/C29H26N6OS/c36-28(34-19-17-33(18-20-34)25-9-5-2-6-10-25)21-37-29-31-30-27-16-15-26(32-35(27)29)24-13-11-23(12-14-24)22-7-3-1-4-8-22/h1-16H,17-21H2. The molecule has 0 N–H and O–H groups in total. The van der Waals surface area contributed by atoms with Crippen LogP contribution in [0.2, 0.25) is 0 Å². The third-order valence-electron chi connectivity index (χ3n) is 6.60. The van der Waals surface area contributed by atoms with Gasteiger partial charge in [0.05, 0.1) is 11.4 Å². The van der Waals surface area contributed by atoms with Crippen LogP contribution in [0, 0.1) is 0 Å². The number of thioether (sulfide) groups is 1. The second kappa shape index (κ2) is 10.4. The summed E-state index contributed by atoms with van der Waals surface area (Å²) in [5, 5.41) is 13.9. The highest BCUT2D eigenvalue weighted by Crippen LogP contribution is 2.25. The van der Waals surface area contributed by atoms with Gasteiger partial charge in [-0.3, -0.25) is 4.79 Å². The van der Waals surface area contributed by atoms with Crippen molar-refractivity contribution in [2.24, 2.45) is 0 Å². The van der Waals surface area contributed by atoms with Crippen LogP contribution in [0.1, 0.15) is 0 Å². The molecule has 0 saturated carbocycles. The molecule has 1 saturated heterocycles. The molecule has 1 fully saturated rings. The highest BCUT2D eigenvalue weighted by atomic mass is 32.2. The molecule has 0 spiro atoms. The second-order valence-electron chi connectivity index (χ2n) is 8.91. The Bertz CT molecular complexity index is 1500. The van der Waals surface area contributed by atoms with Crippen LogP contribution in [0.3, 0.4) is 0 Å². The number of fused-ring (bicyclic) bond motifs is 1. The Morgan fingerprint density at radius 1 is 0.703 bits per heavy atom. The van der Waals surface area contributed by atoms with Gasteiger partial charge in [0.25, 0.3) is 0 Å². The van der Waals surface area contributed by atoms with Crippen molar-refractivity contribution in [2.75, 3.05) is 36.8 Å². The van der Waals surface area contributed by atoms with Crippen LogP contribution in [0.4, 0.5) is 5.69 Å².